The van der Waals surface area contributed by atoms with Crippen LogP contribution in [-0.2, 0) is 30.4 Å². The van der Waals surface area contributed by atoms with Gasteiger partial charge in [0, 0.05) is 49.5 Å². The van der Waals surface area contributed by atoms with Gasteiger partial charge in [-0.15, -0.1) is 10.1 Å². The average Bonchev–Trinajstić information content (AvgIpc) is 3.20. The maximum absolute atomic E-state index is 11.5. The number of carbonyl (C=O) groups is 4. The Balaban J connectivity index is 0.000000697. The van der Waals surface area contributed by atoms with Crippen molar-refractivity contribution in [3.63, 3.8) is 0 Å². The Kier molecular flexibility index (Phi) is 13.6. The number of aliphatic hydroxyl groups is 1. The van der Waals surface area contributed by atoms with Crippen LogP contribution in [0.4, 0.5) is 5.69 Å². The molecule has 0 radical (unpaired) electrons. The van der Waals surface area contributed by atoms with Gasteiger partial charge in [0.05, 0.1) is 13.0 Å². The van der Waals surface area contributed by atoms with Crippen molar-refractivity contribution in [2.75, 3.05) is 38.2 Å². The zero-order chi connectivity index (χ0) is 26.9. The number of hydrogen-bond acceptors (Lipinski definition) is 10. The average molecular weight is 512 g/mol. The van der Waals surface area contributed by atoms with Gasteiger partial charge in [-0.3, -0.25) is 9.59 Å². The monoisotopic (exact) mass is 512 g/mol. The summed E-state index contributed by atoms with van der Waals surface area (Å²) in [4.78, 5) is 56.1. The van der Waals surface area contributed by atoms with Crippen LogP contribution in [0.3, 0.4) is 0 Å². The Labute approximate surface area is 205 Å². The Morgan fingerprint density at radius 1 is 1.19 bits per heavy atom. The van der Waals surface area contributed by atoms with E-state index in [2.05, 4.69) is 20.8 Å². The smallest absolute Gasteiger partial charge is 0.328 e. The number of fused-ring (bicyclic) bond motifs is 1. The molecule has 36 heavy (non-hydrogen) atoms. The van der Waals surface area contributed by atoms with Crippen LogP contribution in [0, 0.1) is 10.1 Å². The predicted molar refractivity (Wildman–Crippen MR) is 123 cm³/mol. The summed E-state index contributed by atoms with van der Waals surface area (Å²) in [5, 5.41) is 43.1. The Bertz CT molecular complexity index is 936. The summed E-state index contributed by atoms with van der Waals surface area (Å²) >= 11 is 0. The van der Waals surface area contributed by atoms with Gasteiger partial charge in [-0.2, -0.15) is 0 Å². The molecule has 1 atom stereocenters. The molecule has 0 aromatic heterocycles. The summed E-state index contributed by atoms with van der Waals surface area (Å²) in [6.45, 7) is 1.05. The first-order valence-corrected chi connectivity index (χ1v) is 10.7. The minimum Gasteiger partial charge on any atom is -0.490 e. The van der Waals surface area contributed by atoms with Crippen LogP contribution in [0.5, 0.6) is 5.75 Å². The van der Waals surface area contributed by atoms with Gasteiger partial charge in [0.25, 0.3) is 5.09 Å². The molecular formula is C21H28N4O11. The SMILES string of the molecule is O=C(CCCO[N+](=O)[O-])NCCNCC(O)COc1cccc2c1CC(=O)N2.O=C(O)C=CC(=O)O. The molecule has 2 rings (SSSR count). The third-order valence-corrected chi connectivity index (χ3v) is 4.29. The second-order valence-corrected chi connectivity index (χ2v) is 7.20. The number of nitrogens with one attached hydrogen (secondary N) is 3. The Morgan fingerprint density at radius 2 is 1.89 bits per heavy atom. The highest BCUT2D eigenvalue weighted by atomic mass is 16.9. The van der Waals surface area contributed by atoms with E-state index >= 15 is 0 Å². The van der Waals surface area contributed by atoms with Gasteiger partial charge in [-0.25, -0.2) is 9.59 Å². The molecule has 1 unspecified atom stereocenters. The van der Waals surface area contributed by atoms with Crippen LogP contribution in [-0.4, -0.2) is 83.1 Å². The first kappa shape index (κ1) is 29.8. The number of anilines is 1. The largest absolute Gasteiger partial charge is 0.490 e. The van der Waals surface area contributed by atoms with Crippen molar-refractivity contribution in [3.8, 4) is 5.75 Å². The van der Waals surface area contributed by atoms with Gasteiger partial charge < -0.3 is 40.8 Å². The lowest BCUT2D eigenvalue weighted by atomic mass is 10.1. The fraction of sp³-hybridized carbons (Fsp3) is 0.429. The second kappa shape index (κ2) is 16.4. The lowest BCUT2D eigenvalue weighted by molar-refractivity contribution is -0.757. The number of aliphatic carboxylic acids is 2. The van der Waals surface area contributed by atoms with Crippen molar-refractivity contribution < 1.29 is 49.2 Å². The highest BCUT2D eigenvalue weighted by molar-refractivity contribution is 6.00. The van der Waals surface area contributed by atoms with Crippen molar-refractivity contribution >= 4 is 29.4 Å². The molecule has 15 heteroatoms. The molecule has 0 spiro atoms. The van der Waals surface area contributed by atoms with Crippen LogP contribution in [0.1, 0.15) is 18.4 Å². The second-order valence-electron chi connectivity index (χ2n) is 7.20. The number of hydrogen-bond donors (Lipinski definition) is 6. The summed E-state index contributed by atoms with van der Waals surface area (Å²) in [6, 6.07) is 5.33. The van der Waals surface area contributed by atoms with E-state index in [4.69, 9.17) is 14.9 Å². The van der Waals surface area contributed by atoms with Crippen molar-refractivity contribution in [1.29, 1.82) is 0 Å². The van der Waals surface area contributed by atoms with Gasteiger partial charge in [0.15, 0.2) is 0 Å². The number of nitrogens with zero attached hydrogens (tertiary/aromatic N) is 1. The number of amides is 2. The highest BCUT2D eigenvalue weighted by Gasteiger charge is 2.21. The third-order valence-electron chi connectivity index (χ3n) is 4.29. The number of aliphatic hydroxyl groups excluding tert-OH is 1. The first-order chi connectivity index (χ1) is 17.1. The molecule has 15 nitrogen and oxygen atoms in total. The number of carboxylic acids is 2. The quantitative estimate of drug-likeness (QED) is 0.0744. The molecule has 1 heterocycles. The molecule has 6 N–H and O–H groups in total. The van der Waals surface area contributed by atoms with E-state index in [1.165, 1.54) is 0 Å². The first-order valence-electron chi connectivity index (χ1n) is 10.7. The zero-order valence-electron chi connectivity index (χ0n) is 19.2. The maximum Gasteiger partial charge on any atom is 0.328 e. The molecule has 1 aliphatic heterocycles. The van der Waals surface area contributed by atoms with E-state index in [0.717, 1.165) is 11.3 Å². The number of ether oxygens (including phenoxy) is 1. The molecular weight excluding hydrogens is 484 g/mol. The van der Waals surface area contributed by atoms with Crippen LogP contribution in [0.15, 0.2) is 30.4 Å². The molecule has 1 aromatic rings. The third kappa shape index (κ3) is 13.5. The standard InChI is InChI=1S/C17H24N4O7.C4H4O4/c22-12(10-18-6-7-19-16(23)5-2-8-28-21(25)26)11-27-15-4-1-3-14-13(15)9-17(24)20-14;5-3(6)1-2-4(7)8/h1,3-4,12,18,22H,2,5-11H2,(H,19,23)(H,20,24);1-2H,(H,5,6)(H,7,8). The lowest BCUT2D eigenvalue weighted by Gasteiger charge is -2.15. The van der Waals surface area contributed by atoms with Gasteiger partial charge in [0.2, 0.25) is 11.8 Å². The minimum absolute atomic E-state index is 0.0699. The van der Waals surface area contributed by atoms with Crippen LogP contribution >= 0.6 is 0 Å². The molecule has 0 fully saturated rings. The molecule has 1 aliphatic rings. The molecule has 1 aromatic carbocycles. The zero-order valence-corrected chi connectivity index (χ0v) is 19.2. The summed E-state index contributed by atoms with van der Waals surface area (Å²) in [5.74, 6) is -2.25. The number of carbonyl (C=O) groups excluding carboxylic acids is 2. The van der Waals surface area contributed by atoms with Crippen molar-refractivity contribution in [1.82, 2.24) is 10.6 Å². The Morgan fingerprint density at radius 3 is 2.53 bits per heavy atom. The normalized spacial score (nSPS) is 12.5. The minimum atomic E-state index is -1.26. The lowest BCUT2D eigenvalue weighted by Crippen LogP contribution is -2.37. The molecule has 2 amide bonds. The summed E-state index contributed by atoms with van der Waals surface area (Å²) in [7, 11) is 0. The van der Waals surface area contributed by atoms with E-state index in [0.29, 0.717) is 31.0 Å². The van der Waals surface area contributed by atoms with Crippen molar-refractivity contribution in [2.45, 2.75) is 25.4 Å². The fourth-order valence-corrected chi connectivity index (χ4v) is 2.76. The summed E-state index contributed by atoms with van der Waals surface area (Å²) < 4.78 is 5.61. The highest BCUT2D eigenvalue weighted by Crippen LogP contribution is 2.31. The summed E-state index contributed by atoms with van der Waals surface area (Å²) in [5.41, 5.74) is 1.52. The maximum atomic E-state index is 11.5. The number of rotatable bonds is 15. The van der Waals surface area contributed by atoms with E-state index < -0.39 is 23.1 Å². The van der Waals surface area contributed by atoms with Crippen molar-refractivity contribution in [2.24, 2.45) is 0 Å². The molecule has 0 saturated heterocycles. The van der Waals surface area contributed by atoms with Crippen LogP contribution < -0.4 is 20.7 Å². The van der Waals surface area contributed by atoms with Gasteiger partial charge >= 0.3 is 11.9 Å². The Hall–Kier alpha value is -4.24. The molecule has 0 aliphatic carbocycles. The van der Waals surface area contributed by atoms with E-state index in [1.807, 2.05) is 0 Å². The number of carboxylic acid groups (broad SMARTS) is 2. The molecule has 0 saturated carbocycles. The molecule has 198 valence electrons. The van der Waals surface area contributed by atoms with E-state index in [-0.39, 0.29) is 50.8 Å². The van der Waals surface area contributed by atoms with Crippen LogP contribution in [0.2, 0.25) is 0 Å². The van der Waals surface area contributed by atoms with Gasteiger partial charge in [0.1, 0.15) is 18.5 Å². The van der Waals surface area contributed by atoms with Gasteiger partial charge in [-0.05, 0) is 18.6 Å². The predicted octanol–water partition coefficient (Wildman–Crippen LogP) is -0.673. The van der Waals surface area contributed by atoms with Gasteiger partial charge in [-0.1, -0.05) is 6.07 Å². The van der Waals surface area contributed by atoms with E-state index in [1.54, 1.807) is 18.2 Å². The number of benzene rings is 1. The van der Waals surface area contributed by atoms with Crippen LogP contribution in [0.25, 0.3) is 0 Å². The fourth-order valence-electron chi connectivity index (χ4n) is 2.76. The summed E-state index contributed by atoms with van der Waals surface area (Å²) in [6.07, 6.45) is 1.03. The molecule has 0 bridgehead atoms. The topological polar surface area (TPSA) is 227 Å². The van der Waals surface area contributed by atoms with E-state index in [9.17, 15) is 34.4 Å². The van der Waals surface area contributed by atoms with Crippen molar-refractivity contribution in [3.05, 3.63) is 46.0 Å².